The Bertz CT molecular complexity index is 1310. The number of anilines is 2. The van der Waals surface area contributed by atoms with Crippen LogP contribution in [0.15, 0.2) is 35.4 Å². The van der Waals surface area contributed by atoms with Crippen molar-refractivity contribution < 1.29 is 13.2 Å². The van der Waals surface area contributed by atoms with Crippen molar-refractivity contribution in [3.63, 3.8) is 0 Å². The van der Waals surface area contributed by atoms with Gasteiger partial charge in [-0.3, -0.25) is 4.79 Å². The number of carbonyl (C=O) groups is 1. The Kier molecular flexibility index (Phi) is 6.66. The smallest absolute Gasteiger partial charge is 0.281 e. The van der Waals surface area contributed by atoms with Crippen molar-refractivity contribution in [2.24, 2.45) is 11.8 Å². The van der Waals surface area contributed by atoms with Crippen LogP contribution in [-0.2, 0) is 15.4 Å². The molecule has 3 N–H and O–H groups in total. The summed E-state index contributed by atoms with van der Waals surface area (Å²) in [6, 6.07) is 6.08. The standard InChI is InChI=1S/C27H37N5O3S/c1-17-15-27(5,6)32(16-17)24-20(25(33)31-36(34,35)22-9-7-8-21(28)29-22)14-19(13-12-18-10-11-18)23(30-24)26(2,3)4/h7-9,12-14,17-18H,10-11,15-16H2,1-6H3,(H2,28,29)(H,31,33)/b13-12+/t17-/m0/s1. The lowest BCUT2D eigenvalue weighted by molar-refractivity contribution is 0.0981. The number of rotatable bonds is 6. The molecule has 8 nitrogen and oxygen atoms in total. The molecule has 1 saturated heterocycles. The maximum absolute atomic E-state index is 13.6. The van der Waals surface area contributed by atoms with Gasteiger partial charge in [-0.25, -0.2) is 14.7 Å². The molecule has 1 saturated carbocycles. The van der Waals surface area contributed by atoms with Gasteiger partial charge >= 0.3 is 0 Å². The summed E-state index contributed by atoms with van der Waals surface area (Å²) in [5.41, 5.74) is 7.09. The minimum absolute atomic E-state index is 0.0579. The number of hydrogen-bond acceptors (Lipinski definition) is 7. The van der Waals surface area contributed by atoms with E-state index in [1.165, 1.54) is 18.2 Å². The van der Waals surface area contributed by atoms with Crippen molar-refractivity contribution in [1.82, 2.24) is 14.7 Å². The van der Waals surface area contributed by atoms with Crippen molar-refractivity contribution in [3.8, 4) is 0 Å². The third kappa shape index (κ3) is 5.56. The number of nitrogens with two attached hydrogens (primary N) is 1. The fraction of sp³-hybridized carbons (Fsp3) is 0.519. The number of allylic oxidation sites excluding steroid dienone is 1. The Hall–Kier alpha value is -2.94. The molecule has 0 radical (unpaired) electrons. The molecule has 1 aliphatic heterocycles. The summed E-state index contributed by atoms with van der Waals surface area (Å²) in [5, 5.41) is -0.305. The number of sulfonamides is 1. The maximum Gasteiger partial charge on any atom is 0.281 e. The van der Waals surface area contributed by atoms with Crippen molar-refractivity contribution in [2.45, 2.75) is 76.8 Å². The summed E-state index contributed by atoms with van der Waals surface area (Å²) in [4.78, 5) is 24.7. The van der Waals surface area contributed by atoms with Crippen LogP contribution in [0.4, 0.5) is 11.6 Å². The van der Waals surface area contributed by atoms with Crippen molar-refractivity contribution in [1.29, 1.82) is 0 Å². The molecule has 0 aromatic carbocycles. The van der Waals surface area contributed by atoms with E-state index in [2.05, 4.69) is 62.2 Å². The zero-order chi connectivity index (χ0) is 26.5. The molecule has 4 rings (SSSR count). The Balaban J connectivity index is 1.84. The van der Waals surface area contributed by atoms with Crippen LogP contribution in [0.25, 0.3) is 6.08 Å². The van der Waals surface area contributed by atoms with E-state index >= 15 is 0 Å². The Morgan fingerprint density at radius 2 is 1.92 bits per heavy atom. The van der Waals surface area contributed by atoms with E-state index in [1.807, 2.05) is 6.08 Å². The van der Waals surface area contributed by atoms with Crippen LogP contribution >= 0.6 is 0 Å². The zero-order valence-corrected chi connectivity index (χ0v) is 22.8. The van der Waals surface area contributed by atoms with Gasteiger partial charge in [0, 0.05) is 17.5 Å². The zero-order valence-electron chi connectivity index (χ0n) is 22.0. The van der Waals surface area contributed by atoms with Crippen LogP contribution < -0.4 is 15.4 Å². The number of hydrogen-bond donors (Lipinski definition) is 2. The highest BCUT2D eigenvalue weighted by Crippen LogP contribution is 2.40. The van der Waals surface area contributed by atoms with E-state index in [-0.39, 0.29) is 27.4 Å². The van der Waals surface area contributed by atoms with E-state index in [4.69, 9.17) is 10.7 Å². The fourth-order valence-corrected chi connectivity index (χ4v) is 5.86. The number of nitrogens with one attached hydrogen (secondary N) is 1. The molecule has 2 aromatic rings. The van der Waals surface area contributed by atoms with Crippen LogP contribution in [0.3, 0.4) is 0 Å². The lowest BCUT2D eigenvalue weighted by atomic mass is 9.87. The first kappa shape index (κ1) is 26.1. The summed E-state index contributed by atoms with van der Waals surface area (Å²) in [6.07, 6.45) is 7.44. The number of nitrogens with zero attached hydrogens (tertiary/aromatic N) is 3. The van der Waals surface area contributed by atoms with Crippen LogP contribution in [0, 0.1) is 11.8 Å². The van der Waals surface area contributed by atoms with E-state index < -0.39 is 15.9 Å². The maximum atomic E-state index is 13.6. The van der Waals surface area contributed by atoms with Gasteiger partial charge in [0.15, 0.2) is 5.03 Å². The number of nitrogen functional groups attached to an aromatic ring is 1. The van der Waals surface area contributed by atoms with E-state index in [0.29, 0.717) is 17.7 Å². The normalized spacial score (nSPS) is 20.2. The highest BCUT2D eigenvalue weighted by molar-refractivity contribution is 7.90. The molecule has 0 bridgehead atoms. The second-order valence-corrected chi connectivity index (χ2v) is 13.4. The van der Waals surface area contributed by atoms with Gasteiger partial charge in [0.1, 0.15) is 11.6 Å². The quantitative estimate of drug-likeness (QED) is 0.585. The molecular formula is C27H37N5O3S. The van der Waals surface area contributed by atoms with Crippen LogP contribution in [0.2, 0.25) is 0 Å². The molecule has 2 fully saturated rings. The van der Waals surface area contributed by atoms with Gasteiger partial charge in [0.2, 0.25) is 0 Å². The number of pyridine rings is 2. The molecule has 1 aliphatic carbocycles. The molecule has 1 amide bonds. The molecule has 0 spiro atoms. The van der Waals surface area contributed by atoms with Crippen LogP contribution in [0.5, 0.6) is 0 Å². The summed E-state index contributed by atoms with van der Waals surface area (Å²) >= 11 is 0. The molecule has 36 heavy (non-hydrogen) atoms. The van der Waals surface area contributed by atoms with E-state index in [1.54, 1.807) is 6.07 Å². The predicted molar refractivity (Wildman–Crippen MR) is 143 cm³/mol. The van der Waals surface area contributed by atoms with Crippen LogP contribution in [0.1, 0.15) is 82.4 Å². The number of aromatic nitrogens is 2. The third-order valence-electron chi connectivity index (χ3n) is 6.73. The first-order chi connectivity index (χ1) is 16.7. The van der Waals surface area contributed by atoms with Crippen molar-refractivity contribution in [2.75, 3.05) is 17.2 Å². The molecular weight excluding hydrogens is 474 g/mol. The second-order valence-electron chi connectivity index (χ2n) is 11.8. The SMILES string of the molecule is C[C@@H]1CN(c2nc(C(C)(C)C)c(/C=C/C3CC3)cc2C(=O)NS(=O)(=O)c2cccc(N)n2)C(C)(C)C1. The second kappa shape index (κ2) is 9.18. The number of carbonyl (C=O) groups excluding carboxylic acids is 1. The van der Waals surface area contributed by atoms with Gasteiger partial charge in [-0.2, -0.15) is 8.42 Å². The van der Waals surface area contributed by atoms with Gasteiger partial charge in [0.25, 0.3) is 15.9 Å². The van der Waals surface area contributed by atoms with Gasteiger partial charge in [-0.05, 0) is 68.7 Å². The highest BCUT2D eigenvalue weighted by Gasteiger charge is 2.40. The Morgan fingerprint density at radius 3 is 2.47 bits per heavy atom. The summed E-state index contributed by atoms with van der Waals surface area (Å²) in [6.45, 7) is 13.5. The van der Waals surface area contributed by atoms with Gasteiger partial charge < -0.3 is 10.6 Å². The lowest BCUT2D eigenvalue weighted by Gasteiger charge is -2.35. The van der Waals surface area contributed by atoms with Crippen LogP contribution in [-0.4, -0.2) is 36.4 Å². The van der Waals surface area contributed by atoms with Gasteiger partial charge in [0.05, 0.1) is 11.3 Å². The molecule has 2 aromatic heterocycles. The molecule has 194 valence electrons. The van der Waals surface area contributed by atoms with Gasteiger partial charge in [-0.1, -0.05) is 45.9 Å². The number of amides is 1. The van der Waals surface area contributed by atoms with Crippen molar-refractivity contribution >= 4 is 33.6 Å². The Labute approximate surface area is 214 Å². The molecule has 3 heterocycles. The third-order valence-corrected chi connectivity index (χ3v) is 7.97. The van der Waals surface area contributed by atoms with E-state index in [0.717, 1.165) is 37.1 Å². The monoisotopic (exact) mass is 511 g/mol. The minimum atomic E-state index is -4.23. The summed E-state index contributed by atoms with van der Waals surface area (Å²) in [5.74, 6) is 0.779. The average Bonchev–Trinajstić information content (AvgIpc) is 3.54. The minimum Gasteiger partial charge on any atom is -0.384 e. The Morgan fingerprint density at radius 1 is 1.22 bits per heavy atom. The first-order valence-electron chi connectivity index (χ1n) is 12.5. The summed E-state index contributed by atoms with van der Waals surface area (Å²) in [7, 11) is -4.23. The first-order valence-corrected chi connectivity index (χ1v) is 14.0. The lowest BCUT2D eigenvalue weighted by Crippen LogP contribution is -2.41. The van der Waals surface area contributed by atoms with E-state index in [9.17, 15) is 13.2 Å². The predicted octanol–water partition coefficient (Wildman–Crippen LogP) is 4.52. The molecule has 2 aliphatic rings. The molecule has 1 atom stereocenters. The summed E-state index contributed by atoms with van der Waals surface area (Å²) < 4.78 is 28.2. The molecule has 0 unspecified atom stereocenters. The topological polar surface area (TPSA) is 118 Å². The largest absolute Gasteiger partial charge is 0.384 e. The average molecular weight is 512 g/mol. The molecule has 9 heteroatoms. The van der Waals surface area contributed by atoms with Crippen molar-refractivity contribution in [3.05, 3.63) is 47.2 Å². The van der Waals surface area contributed by atoms with Gasteiger partial charge in [-0.15, -0.1) is 0 Å². The fourth-order valence-electron chi connectivity index (χ4n) is 4.92. The highest BCUT2D eigenvalue weighted by atomic mass is 32.2.